The van der Waals surface area contributed by atoms with E-state index in [1.165, 1.54) is 5.56 Å². The van der Waals surface area contributed by atoms with E-state index >= 15 is 0 Å². The maximum absolute atomic E-state index is 5.48. The van der Waals surface area contributed by atoms with Crippen LogP contribution in [0.5, 0.6) is 0 Å². The van der Waals surface area contributed by atoms with Gasteiger partial charge in [-0.1, -0.05) is 18.2 Å². The summed E-state index contributed by atoms with van der Waals surface area (Å²) in [5.41, 5.74) is 2.29. The molecule has 2 heterocycles. The van der Waals surface area contributed by atoms with Crippen LogP contribution in [-0.4, -0.2) is 14.8 Å². The van der Waals surface area contributed by atoms with E-state index in [1.54, 1.807) is 6.33 Å². The summed E-state index contributed by atoms with van der Waals surface area (Å²) in [6, 6.07) is 8.13. The molecule has 3 rings (SSSR count). The second kappa shape index (κ2) is 2.92. The molecular formula is C10H9N3O. The monoisotopic (exact) mass is 187 g/mol. The quantitative estimate of drug-likeness (QED) is 0.624. The lowest BCUT2D eigenvalue weighted by molar-refractivity contribution is 0.105. The van der Waals surface area contributed by atoms with Crippen LogP contribution in [0, 0.1) is 0 Å². The first-order valence-corrected chi connectivity index (χ1v) is 4.50. The second-order valence-electron chi connectivity index (χ2n) is 3.24. The van der Waals surface area contributed by atoms with Gasteiger partial charge in [0.1, 0.15) is 12.9 Å². The largest absolute Gasteiger partial charge is 0.369 e. The summed E-state index contributed by atoms with van der Waals surface area (Å²) in [7, 11) is 0. The zero-order valence-corrected chi connectivity index (χ0v) is 7.55. The van der Waals surface area contributed by atoms with Crippen LogP contribution in [0.15, 0.2) is 30.6 Å². The number of aromatic nitrogens is 3. The van der Waals surface area contributed by atoms with E-state index in [0.29, 0.717) is 13.2 Å². The Morgan fingerprint density at radius 2 is 2.14 bits per heavy atom. The van der Waals surface area contributed by atoms with Crippen LogP contribution in [0.4, 0.5) is 0 Å². The van der Waals surface area contributed by atoms with Crippen molar-refractivity contribution in [3.05, 3.63) is 42.0 Å². The molecule has 2 aromatic rings. The second-order valence-corrected chi connectivity index (χ2v) is 3.24. The summed E-state index contributed by atoms with van der Waals surface area (Å²) < 4.78 is 7.46. The lowest BCUT2D eigenvalue weighted by Gasteiger charge is -2.05. The van der Waals surface area contributed by atoms with Crippen molar-refractivity contribution in [3.63, 3.8) is 0 Å². The summed E-state index contributed by atoms with van der Waals surface area (Å²) >= 11 is 0. The molecule has 0 radical (unpaired) electrons. The molecule has 0 spiro atoms. The Morgan fingerprint density at radius 3 is 3.14 bits per heavy atom. The van der Waals surface area contributed by atoms with E-state index in [2.05, 4.69) is 22.3 Å². The molecule has 1 aromatic heterocycles. The van der Waals surface area contributed by atoms with Crippen molar-refractivity contribution in [2.45, 2.75) is 13.2 Å². The smallest absolute Gasteiger partial charge is 0.163 e. The summed E-state index contributed by atoms with van der Waals surface area (Å²) in [5.74, 6) is 0.856. The molecular weight excluding hydrogens is 178 g/mol. The van der Waals surface area contributed by atoms with Crippen LogP contribution >= 0.6 is 0 Å². The highest BCUT2D eigenvalue weighted by Crippen LogP contribution is 2.20. The summed E-state index contributed by atoms with van der Waals surface area (Å²) in [6.07, 6.45) is 1.73. The average molecular weight is 187 g/mol. The van der Waals surface area contributed by atoms with E-state index in [9.17, 15) is 0 Å². The lowest BCUT2D eigenvalue weighted by atomic mass is 10.2. The highest BCUT2D eigenvalue weighted by Gasteiger charge is 2.13. The Kier molecular flexibility index (Phi) is 1.61. The van der Waals surface area contributed by atoms with Gasteiger partial charge in [0.15, 0.2) is 5.82 Å². The number of rotatable bonds is 0. The third-order valence-electron chi connectivity index (χ3n) is 2.36. The molecule has 0 fully saturated rings. The van der Waals surface area contributed by atoms with Gasteiger partial charge in [0.2, 0.25) is 0 Å². The number of hydrogen-bond donors (Lipinski definition) is 0. The molecule has 4 nitrogen and oxygen atoms in total. The van der Waals surface area contributed by atoms with Gasteiger partial charge in [-0.15, -0.1) is 10.2 Å². The molecule has 0 saturated heterocycles. The molecule has 0 bridgehead atoms. The minimum Gasteiger partial charge on any atom is -0.369 e. The van der Waals surface area contributed by atoms with Gasteiger partial charge in [-0.3, -0.25) is 4.57 Å². The third kappa shape index (κ3) is 1.04. The van der Waals surface area contributed by atoms with Crippen molar-refractivity contribution in [3.8, 4) is 5.69 Å². The Bertz CT molecular complexity index is 464. The SMILES string of the molecule is c1ccc2c(c1)COCc1nncn1-2. The van der Waals surface area contributed by atoms with Crippen molar-refractivity contribution >= 4 is 0 Å². The molecule has 0 amide bonds. The predicted octanol–water partition coefficient (Wildman–Crippen LogP) is 1.30. The molecule has 14 heavy (non-hydrogen) atoms. The number of hydrogen-bond acceptors (Lipinski definition) is 3. The van der Waals surface area contributed by atoms with Crippen molar-refractivity contribution in [1.82, 2.24) is 14.8 Å². The van der Waals surface area contributed by atoms with E-state index in [4.69, 9.17) is 4.74 Å². The standard InChI is InChI=1S/C10H9N3O/c1-2-4-9-8(3-1)5-14-6-10-12-11-7-13(9)10/h1-4,7H,5-6H2. The van der Waals surface area contributed by atoms with Gasteiger partial charge < -0.3 is 4.74 Å². The molecule has 1 aliphatic heterocycles. The van der Waals surface area contributed by atoms with Gasteiger partial charge in [0, 0.05) is 5.56 Å². The molecule has 0 N–H and O–H groups in total. The minimum atomic E-state index is 0.523. The Balaban J connectivity index is 2.27. The number of para-hydroxylation sites is 1. The van der Waals surface area contributed by atoms with E-state index in [1.807, 2.05) is 16.7 Å². The Morgan fingerprint density at radius 1 is 1.21 bits per heavy atom. The third-order valence-corrected chi connectivity index (χ3v) is 2.36. The van der Waals surface area contributed by atoms with Gasteiger partial charge in [0.25, 0.3) is 0 Å². The van der Waals surface area contributed by atoms with Gasteiger partial charge in [-0.2, -0.15) is 0 Å². The average Bonchev–Trinajstić information content (AvgIpc) is 2.61. The molecule has 70 valence electrons. The van der Waals surface area contributed by atoms with E-state index in [0.717, 1.165) is 11.5 Å². The molecule has 0 aliphatic carbocycles. The Hall–Kier alpha value is -1.68. The van der Waals surface area contributed by atoms with Crippen LogP contribution in [0.2, 0.25) is 0 Å². The van der Waals surface area contributed by atoms with Gasteiger partial charge >= 0.3 is 0 Å². The van der Waals surface area contributed by atoms with E-state index in [-0.39, 0.29) is 0 Å². The molecule has 0 saturated carbocycles. The summed E-state index contributed by atoms with van der Waals surface area (Å²) in [6.45, 7) is 1.16. The van der Waals surface area contributed by atoms with Crippen molar-refractivity contribution < 1.29 is 4.74 Å². The number of fused-ring (bicyclic) bond motifs is 3. The van der Waals surface area contributed by atoms with Crippen LogP contribution in [0.25, 0.3) is 5.69 Å². The zero-order valence-electron chi connectivity index (χ0n) is 7.55. The van der Waals surface area contributed by atoms with Crippen LogP contribution < -0.4 is 0 Å². The number of benzene rings is 1. The molecule has 1 aliphatic rings. The fourth-order valence-electron chi connectivity index (χ4n) is 1.68. The normalized spacial score (nSPS) is 14.3. The maximum atomic E-state index is 5.48. The zero-order chi connectivity index (χ0) is 9.38. The van der Waals surface area contributed by atoms with Crippen molar-refractivity contribution in [2.24, 2.45) is 0 Å². The summed E-state index contributed by atoms with van der Waals surface area (Å²) in [4.78, 5) is 0. The number of ether oxygens (including phenoxy) is 1. The highest BCUT2D eigenvalue weighted by molar-refractivity contribution is 5.41. The minimum absolute atomic E-state index is 0.523. The lowest BCUT2D eigenvalue weighted by Crippen LogP contribution is -1.98. The summed E-state index contributed by atoms with van der Waals surface area (Å²) in [5, 5.41) is 7.88. The van der Waals surface area contributed by atoms with E-state index < -0.39 is 0 Å². The number of nitrogens with zero attached hydrogens (tertiary/aromatic N) is 3. The fraction of sp³-hybridized carbons (Fsp3) is 0.200. The van der Waals surface area contributed by atoms with Crippen LogP contribution in [0.1, 0.15) is 11.4 Å². The molecule has 4 heteroatoms. The predicted molar refractivity (Wildman–Crippen MR) is 49.9 cm³/mol. The topological polar surface area (TPSA) is 39.9 Å². The molecule has 1 aromatic carbocycles. The first-order valence-electron chi connectivity index (χ1n) is 4.50. The van der Waals surface area contributed by atoms with Gasteiger partial charge in [0.05, 0.1) is 12.3 Å². The molecule has 0 unspecified atom stereocenters. The molecule has 0 atom stereocenters. The van der Waals surface area contributed by atoms with Gasteiger partial charge in [-0.25, -0.2) is 0 Å². The van der Waals surface area contributed by atoms with Crippen LogP contribution in [-0.2, 0) is 18.0 Å². The van der Waals surface area contributed by atoms with Gasteiger partial charge in [-0.05, 0) is 6.07 Å². The fourth-order valence-corrected chi connectivity index (χ4v) is 1.68. The first-order chi connectivity index (χ1) is 6.95. The van der Waals surface area contributed by atoms with Crippen molar-refractivity contribution in [1.29, 1.82) is 0 Å². The highest BCUT2D eigenvalue weighted by atomic mass is 16.5. The van der Waals surface area contributed by atoms with Crippen LogP contribution in [0.3, 0.4) is 0 Å². The Labute approximate surface area is 81.2 Å². The first kappa shape index (κ1) is 7.70. The van der Waals surface area contributed by atoms with Crippen molar-refractivity contribution in [2.75, 3.05) is 0 Å². The maximum Gasteiger partial charge on any atom is 0.163 e.